The number of benzene rings is 1. The maximum Gasteiger partial charge on any atom is 0.252 e. The lowest BCUT2D eigenvalue weighted by atomic mass is 10.1. The molecule has 3 aromatic rings. The van der Waals surface area contributed by atoms with Gasteiger partial charge in [-0.2, -0.15) is 0 Å². The molecule has 146 valence electrons. The Balaban J connectivity index is 1.99. The first-order chi connectivity index (χ1) is 13.4. The summed E-state index contributed by atoms with van der Waals surface area (Å²) >= 11 is 0. The summed E-state index contributed by atoms with van der Waals surface area (Å²) in [6.45, 7) is 3.77. The highest BCUT2D eigenvalue weighted by atomic mass is 19.1. The summed E-state index contributed by atoms with van der Waals surface area (Å²) in [7, 11) is 0. The van der Waals surface area contributed by atoms with Gasteiger partial charge in [0.15, 0.2) is 11.6 Å². The predicted molar refractivity (Wildman–Crippen MR) is 109 cm³/mol. The third-order valence-corrected chi connectivity index (χ3v) is 4.51. The molecule has 0 saturated carbocycles. The van der Waals surface area contributed by atoms with Crippen LogP contribution in [0, 0.1) is 5.82 Å². The zero-order valence-corrected chi connectivity index (χ0v) is 15.7. The molecular weight excluding hydrogens is 359 g/mol. The number of nitrogens with one attached hydrogen (secondary N) is 2. The number of anilines is 3. The van der Waals surface area contributed by atoms with Crippen molar-refractivity contribution in [2.24, 2.45) is 11.5 Å². The van der Waals surface area contributed by atoms with Crippen LogP contribution in [-0.2, 0) is 0 Å². The van der Waals surface area contributed by atoms with Gasteiger partial charge in [-0.15, -0.1) is 0 Å². The first kappa shape index (κ1) is 19.5. The third-order valence-electron chi connectivity index (χ3n) is 4.51. The van der Waals surface area contributed by atoms with Gasteiger partial charge in [0.1, 0.15) is 5.82 Å². The minimum atomic E-state index is -0.779. The molecule has 7 nitrogen and oxygen atoms in total. The highest BCUT2D eigenvalue weighted by molar-refractivity contribution is 5.99. The van der Waals surface area contributed by atoms with E-state index >= 15 is 0 Å². The van der Waals surface area contributed by atoms with Crippen molar-refractivity contribution in [3.63, 3.8) is 0 Å². The van der Waals surface area contributed by atoms with Crippen LogP contribution in [0.15, 0.2) is 42.6 Å². The largest absolute Gasteiger partial charge is 0.365 e. The van der Waals surface area contributed by atoms with Gasteiger partial charge in [0.25, 0.3) is 5.91 Å². The number of primary amides is 1. The van der Waals surface area contributed by atoms with Gasteiger partial charge in [0.05, 0.1) is 11.1 Å². The van der Waals surface area contributed by atoms with Crippen molar-refractivity contribution in [1.82, 2.24) is 9.97 Å². The van der Waals surface area contributed by atoms with E-state index in [-0.39, 0.29) is 29.3 Å². The second-order valence-electron chi connectivity index (χ2n) is 6.63. The van der Waals surface area contributed by atoms with E-state index in [0.29, 0.717) is 12.1 Å². The van der Waals surface area contributed by atoms with Crippen LogP contribution in [0.4, 0.5) is 21.7 Å². The van der Waals surface area contributed by atoms with E-state index in [4.69, 9.17) is 11.5 Å². The van der Waals surface area contributed by atoms with Crippen LogP contribution in [0.2, 0.25) is 0 Å². The van der Waals surface area contributed by atoms with Crippen LogP contribution in [0.3, 0.4) is 0 Å². The zero-order valence-electron chi connectivity index (χ0n) is 15.7. The fraction of sp³-hybridized carbons (Fsp3) is 0.250. The lowest BCUT2D eigenvalue weighted by Crippen LogP contribution is -2.38. The standard InChI is InChI=1S/C20H23FN6O/c1-3-16(11(2)22)26-20-15(21)10-14(18(23)28)19(27-20)25-13-7-6-12-5-4-8-24-17(12)9-13/h4-11,16H,3,22H2,1-2H3,(H2,23,28)(H2,25,26,27)/t11-,16+/m0/s1. The number of nitrogens with two attached hydrogens (primary N) is 2. The van der Waals surface area contributed by atoms with Crippen molar-refractivity contribution in [1.29, 1.82) is 0 Å². The summed E-state index contributed by atoms with van der Waals surface area (Å²) in [5, 5.41) is 7.02. The van der Waals surface area contributed by atoms with Gasteiger partial charge in [-0.3, -0.25) is 9.78 Å². The zero-order chi connectivity index (χ0) is 20.3. The molecule has 2 atom stereocenters. The summed E-state index contributed by atoms with van der Waals surface area (Å²) in [5.74, 6) is -1.28. The molecule has 0 saturated heterocycles. The Morgan fingerprint density at radius 3 is 2.71 bits per heavy atom. The molecule has 8 heteroatoms. The number of fused-ring (bicyclic) bond motifs is 1. The van der Waals surface area contributed by atoms with Crippen molar-refractivity contribution in [2.45, 2.75) is 32.4 Å². The van der Waals surface area contributed by atoms with Gasteiger partial charge in [-0.05, 0) is 37.6 Å². The lowest BCUT2D eigenvalue weighted by Gasteiger charge is -2.22. The van der Waals surface area contributed by atoms with Gasteiger partial charge >= 0.3 is 0 Å². The lowest BCUT2D eigenvalue weighted by molar-refractivity contribution is 0.100. The molecule has 0 unspecified atom stereocenters. The van der Waals surface area contributed by atoms with Crippen LogP contribution in [0.1, 0.15) is 30.6 Å². The first-order valence-corrected chi connectivity index (χ1v) is 9.03. The Labute approximate surface area is 162 Å². The molecule has 2 heterocycles. The number of amides is 1. The molecule has 0 radical (unpaired) electrons. The average molecular weight is 382 g/mol. The highest BCUT2D eigenvalue weighted by Gasteiger charge is 2.19. The number of carbonyl (C=O) groups is 1. The molecule has 0 bridgehead atoms. The number of nitrogens with zero attached hydrogens (tertiary/aromatic N) is 2. The van der Waals surface area contributed by atoms with Crippen LogP contribution in [0.5, 0.6) is 0 Å². The Morgan fingerprint density at radius 1 is 1.25 bits per heavy atom. The minimum Gasteiger partial charge on any atom is -0.365 e. The average Bonchev–Trinajstić information content (AvgIpc) is 2.67. The summed E-state index contributed by atoms with van der Waals surface area (Å²) in [6.07, 6.45) is 2.38. The quantitative estimate of drug-likeness (QED) is 0.498. The van der Waals surface area contributed by atoms with E-state index in [1.807, 2.05) is 44.2 Å². The summed E-state index contributed by atoms with van der Waals surface area (Å²) in [6, 6.07) is 10.0. The maximum absolute atomic E-state index is 14.5. The number of aromatic nitrogens is 2. The Bertz CT molecular complexity index is 1010. The molecule has 1 amide bonds. The molecule has 0 aliphatic rings. The topological polar surface area (TPSA) is 119 Å². The number of halogens is 1. The first-order valence-electron chi connectivity index (χ1n) is 9.03. The SMILES string of the molecule is CC[C@@H](Nc1nc(Nc2ccc3cccnc3c2)c(C(N)=O)cc1F)[C@H](C)N. The van der Waals surface area contributed by atoms with E-state index in [0.717, 1.165) is 17.0 Å². The number of carbonyl (C=O) groups excluding carboxylic acids is 1. The molecule has 1 aromatic carbocycles. The molecule has 0 aliphatic carbocycles. The number of pyridine rings is 2. The highest BCUT2D eigenvalue weighted by Crippen LogP contribution is 2.26. The molecule has 0 fully saturated rings. The fourth-order valence-corrected chi connectivity index (χ4v) is 2.94. The number of rotatable bonds is 7. The monoisotopic (exact) mass is 382 g/mol. The Hall–Kier alpha value is -3.26. The molecule has 28 heavy (non-hydrogen) atoms. The smallest absolute Gasteiger partial charge is 0.252 e. The third kappa shape index (κ3) is 4.17. The second-order valence-corrected chi connectivity index (χ2v) is 6.63. The predicted octanol–water partition coefficient (Wildman–Crippen LogP) is 3.15. The van der Waals surface area contributed by atoms with E-state index in [2.05, 4.69) is 20.6 Å². The molecule has 6 N–H and O–H groups in total. The van der Waals surface area contributed by atoms with Gasteiger partial charge in [-0.25, -0.2) is 9.37 Å². The van der Waals surface area contributed by atoms with Gasteiger partial charge < -0.3 is 22.1 Å². The van der Waals surface area contributed by atoms with Gasteiger partial charge in [0.2, 0.25) is 0 Å². The minimum absolute atomic E-state index is 0.00978. The number of hydrogen-bond donors (Lipinski definition) is 4. The number of hydrogen-bond acceptors (Lipinski definition) is 6. The molecule has 3 rings (SSSR count). The van der Waals surface area contributed by atoms with Crippen molar-refractivity contribution in [3.05, 3.63) is 54.0 Å². The van der Waals surface area contributed by atoms with Crippen LogP contribution in [0.25, 0.3) is 10.9 Å². The van der Waals surface area contributed by atoms with Crippen molar-refractivity contribution in [2.75, 3.05) is 10.6 Å². The van der Waals surface area contributed by atoms with Gasteiger partial charge in [0, 0.05) is 29.4 Å². The summed E-state index contributed by atoms with van der Waals surface area (Å²) in [5.41, 5.74) is 12.7. The van der Waals surface area contributed by atoms with Crippen molar-refractivity contribution in [3.8, 4) is 0 Å². The Kier molecular flexibility index (Phi) is 5.70. The molecule has 0 aliphatic heterocycles. The van der Waals surface area contributed by atoms with E-state index in [9.17, 15) is 9.18 Å². The normalized spacial score (nSPS) is 13.1. The summed E-state index contributed by atoms with van der Waals surface area (Å²) in [4.78, 5) is 20.4. The van der Waals surface area contributed by atoms with Crippen molar-refractivity contribution >= 4 is 34.1 Å². The fourth-order valence-electron chi connectivity index (χ4n) is 2.94. The maximum atomic E-state index is 14.5. The van der Waals surface area contributed by atoms with Gasteiger partial charge in [-0.1, -0.05) is 19.1 Å². The molecular formula is C20H23FN6O. The summed E-state index contributed by atoms with van der Waals surface area (Å²) < 4.78 is 14.5. The van der Waals surface area contributed by atoms with Crippen molar-refractivity contribution < 1.29 is 9.18 Å². The van der Waals surface area contributed by atoms with E-state index in [1.54, 1.807) is 6.20 Å². The second kappa shape index (κ2) is 8.18. The molecule has 2 aromatic heterocycles. The Morgan fingerprint density at radius 2 is 2.04 bits per heavy atom. The molecule has 0 spiro atoms. The van der Waals surface area contributed by atoms with Crippen LogP contribution >= 0.6 is 0 Å². The van der Waals surface area contributed by atoms with E-state index < -0.39 is 11.7 Å². The van der Waals surface area contributed by atoms with E-state index in [1.165, 1.54) is 0 Å². The van der Waals surface area contributed by atoms with Crippen LogP contribution < -0.4 is 22.1 Å². The van der Waals surface area contributed by atoms with Crippen LogP contribution in [-0.4, -0.2) is 28.0 Å².